The maximum atomic E-state index is 4.46. The molecular weight excluding hydrogens is 288 g/mol. The summed E-state index contributed by atoms with van der Waals surface area (Å²) in [7, 11) is 4.00. The van der Waals surface area contributed by atoms with Crippen molar-refractivity contribution in [2.24, 2.45) is 0 Å². The van der Waals surface area contributed by atoms with Crippen LogP contribution in [0.15, 0.2) is 36.8 Å². The second-order valence-electron chi connectivity index (χ2n) is 6.11. The smallest absolute Gasteiger partial charge is 0.225 e. The highest BCUT2D eigenvalue weighted by Crippen LogP contribution is 2.19. The molecule has 6 nitrogen and oxygen atoms in total. The second kappa shape index (κ2) is 7.26. The van der Waals surface area contributed by atoms with Gasteiger partial charge in [0.1, 0.15) is 5.82 Å². The van der Waals surface area contributed by atoms with Crippen LogP contribution in [0.3, 0.4) is 0 Å². The Bertz CT molecular complexity index is 598. The maximum absolute atomic E-state index is 4.46. The van der Waals surface area contributed by atoms with Gasteiger partial charge in [-0.3, -0.25) is 0 Å². The molecule has 23 heavy (non-hydrogen) atoms. The monoisotopic (exact) mass is 312 g/mol. The quantitative estimate of drug-likeness (QED) is 0.935. The third kappa shape index (κ3) is 4.09. The highest BCUT2D eigenvalue weighted by Gasteiger charge is 2.18. The maximum Gasteiger partial charge on any atom is 0.225 e. The number of hydrogen-bond acceptors (Lipinski definition) is 6. The number of aromatic nitrogens is 3. The first kappa shape index (κ1) is 15.5. The summed E-state index contributed by atoms with van der Waals surface area (Å²) >= 11 is 0. The Balaban J connectivity index is 1.58. The van der Waals surface area contributed by atoms with Crippen LogP contribution in [0.5, 0.6) is 0 Å². The Morgan fingerprint density at radius 1 is 1.09 bits per heavy atom. The highest BCUT2D eigenvalue weighted by molar-refractivity contribution is 5.48. The van der Waals surface area contributed by atoms with E-state index in [1.165, 1.54) is 0 Å². The van der Waals surface area contributed by atoms with Gasteiger partial charge in [-0.15, -0.1) is 0 Å². The van der Waals surface area contributed by atoms with Gasteiger partial charge in [-0.25, -0.2) is 15.0 Å². The van der Waals surface area contributed by atoms with Crippen LogP contribution in [0.4, 0.5) is 17.5 Å². The predicted molar refractivity (Wildman–Crippen MR) is 94.1 cm³/mol. The molecule has 3 rings (SSSR count). The van der Waals surface area contributed by atoms with Crippen molar-refractivity contribution in [1.82, 2.24) is 15.0 Å². The van der Waals surface area contributed by atoms with Gasteiger partial charge in [-0.2, -0.15) is 0 Å². The van der Waals surface area contributed by atoms with E-state index in [1.807, 2.05) is 37.3 Å². The zero-order valence-corrected chi connectivity index (χ0v) is 13.8. The molecule has 2 aromatic rings. The molecule has 1 aliphatic rings. The van der Waals surface area contributed by atoms with E-state index in [9.17, 15) is 0 Å². The SMILES string of the molecule is CN(C)c1ccc(NC2CCCN(c3ncccn3)CC2)cn1. The minimum absolute atomic E-state index is 0.468. The Kier molecular flexibility index (Phi) is 4.90. The topological polar surface area (TPSA) is 57.2 Å². The molecule has 0 spiro atoms. The molecule has 1 atom stereocenters. The number of nitrogens with zero attached hydrogens (tertiary/aromatic N) is 5. The van der Waals surface area contributed by atoms with Crippen molar-refractivity contribution in [1.29, 1.82) is 0 Å². The molecule has 1 N–H and O–H groups in total. The molecule has 0 aliphatic carbocycles. The van der Waals surface area contributed by atoms with Gasteiger partial charge in [0.15, 0.2) is 0 Å². The van der Waals surface area contributed by atoms with E-state index in [1.54, 1.807) is 12.4 Å². The lowest BCUT2D eigenvalue weighted by Gasteiger charge is -2.21. The van der Waals surface area contributed by atoms with Gasteiger partial charge in [-0.05, 0) is 37.5 Å². The van der Waals surface area contributed by atoms with Crippen molar-refractivity contribution in [2.45, 2.75) is 25.3 Å². The largest absolute Gasteiger partial charge is 0.381 e. The molecule has 2 aromatic heterocycles. The van der Waals surface area contributed by atoms with Crippen LogP contribution in [-0.4, -0.2) is 48.2 Å². The van der Waals surface area contributed by atoms with Crippen molar-refractivity contribution < 1.29 is 0 Å². The zero-order valence-electron chi connectivity index (χ0n) is 13.8. The van der Waals surface area contributed by atoms with Crippen molar-refractivity contribution in [3.63, 3.8) is 0 Å². The summed E-state index contributed by atoms with van der Waals surface area (Å²) in [6, 6.07) is 6.47. The predicted octanol–water partition coefficient (Wildman–Crippen LogP) is 2.41. The van der Waals surface area contributed by atoms with Crippen LogP contribution in [-0.2, 0) is 0 Å². The van der Waals surface area contributed by atoms with E-state index in [4.69, 9.17) is 0 Å². The number of anilines is 3. The Morgan fingerprint density at radius 3 is 2.61 bits per heavy atom. The van der Waals surface area contributed by atoms with Crippen molar-refractivity contribution >= 4 is 17.5 Å². The van der Waals surface area contributed by atoms with Crippen LogP contribution in [0.1, 0.15) is 19.3 Å². The van der Waals surface area contributed by atoms with Gasteiger partial charge < -0.3 is 15.1 Å². The summed E-state index contributed by atoms with van der Waals surface area (Å²) in [4.78, 5) is 17.5. The lowest BCUT2D eigenvalue weighted by atomic mass is 10.1. The third-order valence-corrected chi connectivity index (χ3v) is 4.14. The van der Waals surface area contributed by atoms with Gasteiger partial charge in [-0.1, -0.05) is 0 Å². The lowest BCUT2D eigenvalue weighted by Crippen LogP contribution is -2.27. The average molecular weight is 312 g/mol. The van der Waals surface area contributed by atoms with Crippen LogP contribution in [0.2, 0.25) is 0 Å². The number of nitrogens with one attached hydrogen (secondary N) is 1. The fraction of sp³-hybridized carbons (Fsp3) is 0.471. The Labute approximate surface area is 137 Å². The summed E-state index contributed by atoms with van der Waals surface area (Å²) in [5.41, 5.74) is 1.09. The summed E-state index contributed by atoms with van der Waals surface area (Å²) in [6.45, 7) is 1.99. The summed E-state index contributed by atoms with van der Waals surface area (Å²) < 4.78 is 0. The highest BCUT2D eigenvalue weighted by atomic mass is 15.2. The molecule has 6 heteroatoms. The zero-order chi connectivity index (χ0) is 16.1. The minimum Gasteiger partial charge on any atom is -0.381 e. The molecule has 0 radical (unpaired) electrons. The fourth-order valence-electron chi connectivity index (χ4n) is 2.87. The molecule has 1 unspecified atom stereocenters. The van der Waals surface area contributed by atoms with Crippen LogP contribution in [0, 0.1) is 0 Å². The van der Waals surface area contributed by atoms with E-state index in [0.717, 1.165) is 49.8 Å². The molecule has 3 heterocycles. The first-order chi connectivity index (χ1) is 11.2. The standard InChI is InChI=1S/C17H24N6/c1-22(2)16-7-6-15(13-20-16)21-14-5-3-11-23(12-8-14)17-18-9-4-10-19-17/h4,6-7,9-10,13-14,21H,3,5,8,11-12H2,1-2H3. The normalized spacial score (nSPS) is 18.3. The first-order valence-electron chi connectivity index (χ1n) is 8.14. The van der Waals surface area contributed by atoms with Gasteiger partial charge in [0.2, 0.25) is 5.95 Å². The van der Waals surface area contributed by atoms with E-state index in [0.29, 0.717) is 6.04 Å². The van der Waals surface area contributed by atoms with Gasteiger partial charge in [0.05, 0.1) is 11.9 Å². The molecule has 0 aromatic carbocycles. The van der Waals surface area contributed by atoms with Gasteiger partial charge >= 0.3 is 0 Å². The number of rotatable bonds is 4. The number of pyridine rings is 1. The van der Waals surface area contributed by atoms with E-state index in [-0.39, 0.29) is 0 Å². The van der Waals surface area contributed by atoms with Crippen LogP contribution < -0.4 is 15.1 Å². The summed E-state index contributed by atoms with van der Waals surface area (Å²) in [5.74, 6) is 1.81. The third-order valence-electron chi connectivity index (χ3n) is 4.14. The lowest BCUT2D eigenvalue weighted by molar-refractivity contribution is 0.639. The Morgan fingerprint density at radius 2 is 1.91 bits per heavy atom. The van der Waals surface area contributed by atoms with Gasteiger partial charge in [0.25, 0.3) is 0 Å². The molecular formula is C17H24N6. The molecule has 1 saturated heterocycles. The molecule has 1 aliphatic heterocycles. The van der Waals surface area contributed by atoms with Crippen LogP contribution >= 0.6 is 0 Å². The molecule has 0 saturated carbocycles. The van der Waals surface area contributed by atoms with E-state index >= 15 is 0 Å². The molecule has 1 fully saturated rings. The second-order valence-corrected chi connectivity index (χ2v) is 6.11. The molecule has 122 valence electrons. The van der Waals surface area contributed by atoms with Crippen molar-refractivity contribution in [2.75, 3.05) is 42.3 Å². The van der Waals surface area contributed by atoms with E-state index in [2.05, 4.69) is 31.2 Å². The van der Waals surface area contributed by atoms with Crippen molar-refractivity contribution in [3.05, 3.63) is 36.8 Å². The summed E-state index contributed by atoms with van der Waals surface area (Å²) in [6.07, 6.45) is 8.89. The molecule has 0 amide bonds. The Hall–Kier alpha value is -2.37. The average Bonchev–Trinajstić information content (AvgIpc) is 2.82. The van der Waals surface area contributed by atoms with Crippen LogP contribution in [0.25, 0.3) is 0 Å². The first-order valence-corrected chi connectivity index (χ1v) is 8.14. The fourth-order valence-corrected chi connectivity index (χ4v) is 2.87. The van der Waals surface area contributed by atoms with Gasteiger partial charge in [0, 0.05) is 45.6 Å². The molecule has 0 bridgehead atoms. The number of hydrogen-bond donors (Lipinski definition) is 1. The minimum atomic E-state index is 0.468. The van der Waals surface area contributed by atoms with Crippen molar-refractivity contribution in [3.8, 4) is 0 Å². The van der Waals surface area contributed by atoms with E-state index < -0.39 is 0 Å². The summed E-state index contributed by atoms with van der Waals surface area (Å²) in [5, 5.41) is 3.61.